The van der Waals surface area contributed by atoms with Crippen LogP contribution in [0.1, 0.15) is 27.7 Å². The molecule has 0 N–H and O–H groups in total. The van der Waals surface area contributed by atoms with Crippen molar-refractivity contribution in [3.05, 3.63) is 24.4 Å². The lowest BCUT2D eigenvalue weighted by Crippen LogP contribution is -2.22. The Morgan fingerprint density at radius 2 is 1.96 bits per heavy atom. The van der Waals surface area contributed by atoms with Gasteiger partial charge in [0, 0.05) is 17.5 Å². The first-order chi connectivity index (χ1) is 11.9. The number of hydrogen-bond acceptors (Lipinski definition) is 5. The number of nitrogens with zero attached hydrogens (tertiary/aromatic N) is 2. The van der Waals surface area contributed by atoms with Crippen LogP contribution < -0.4 is 9.47 Å². The van der Waals surface area contributed by atoms with Crippen LogP contribution in [0.4, 0.5) is 0 Å². The molecular formula is C19H24N2O3S. The molecule has 0 bridgehead atoms. The molecule has 0 spiro atoms. The molecule has 25 heavy (non-hydrogen) atoms. The van der Waals surface area contributed by atoms with Crippen molar-refractivity contribution >= 4 is 17.5 Å². The minimum Gasteiger partial charge on any atom is -0.486 e. The predicted molar refractivity (Wildman–Crippen MR) is 99.5 cm³/mol. The van der Waals surface area contributed by atoms with E-state index in [0.717, 1.165) is 34.5 Å². The second-order valence-corrected chi connectivity index (χ2v) is 7.93. The predicted octanol–water partition coefficient (Wildman–Crippen LogP) is 4.05. The van der Waals surface area contributed by atoms with Gasteiger partial charge in [0.1, 0.15) is 19.0 Å². The normalized spacial score (nSPS) is 13.8. The zero-order valence-corrected chi connectivity index (χ0v) is 16.0. The fraction of sp³-hybridized carbons (Fsp3) is 0.474. The van der Waals surface area contributed by atoms with Gasteiger partial charge in [-0.05, 0) is 25.1 Å². The first kappa shape index (κ1) is 17.9. The van der Waals surface area contributed by atoms with E-state index in [1.807, 2.05) is 45.2 Å². The van der Waals surface area contributed by atoms with Crippen LogP contribution in [-0.4, -0.2) is 34.3 Å². The maximum Gasteiger partial charge on any atom is 0.168 e. The number of fused-ring (bicyclic) bond motifs is 1. The lowest BCUT2D eigenvalue weighted by Gasteiger charge is -2.19. The van der Waals surface area contributed by atoms with Gasteiger partial charge in [0.05, 0.1) is 17.6 Å². The molecule has 0 saturated carbocycles. The number of carbonyl (C=O) groups is 1. The summed E-state index contributed by atoms with van der Waals surface area (Å²) < 4.78 is 13.4. The number of rotatable bonds is 5. The molecule has 0 aliphatic carbocycles. The van der Waals surface area contributed by atoms with Crippen LogP contribution >= 0.6 is 11.8 Å². The topological polar surface area (TPSA) is 53.4 Å². The summed E-state index contributed by atoms with van der Waals surface area (Å²) in [7, 11) is 0. The van der Waals surface area contributed by atoms with Crippen LogP contribution in [0, 0.1) is 5.41 Å². The van der Waals surface area contributed by atoms with E-state index in [1.54, 1.807) is 0 Å². The molecule has 1 aliphatic rings. The number of ketones is 1. The van der Waals surface area contributed by atoms with Crippen molar-refractivity contribution in [2.45, 2.75) is 39.4 Å². The van der Waals surface area contributed by atoms with Crippen molar-refractivity contribution in [1.82, 2.24) is 9.55 Å². The highest BCUT2D eigenvalue weighted by Gasteiger charge is 2.22. The molecule has 0 amide bonds. The van der Waals surface area contributed by atoms with E-state index in [0.29, 0.717) is 19.0 Å². The third-order valence-electron chi connectivity index (χ3n) is 4.14. The summed E-state index contributed by atoms with van der Waals surface area (Å²) in [5.74, 6) is 2.21. The lowest BCUT2D eigenvalue weighted by molar-refractivity contribution is -0.123. The first-order valence-electron chi connectivity index (χ1n) is 8.52. The van der Waals surface area contributed by atoms with Crippen LogP contribution in [0.15, 0.2) is 29.6 Å². The van der Waals surface area contributed by atoms with Gasteiger partial charge < -0.3 is 14.0 Å². The van der Waals surface area contributed by atoms with Crippen LogP contribution in [0.2, 0.25) is 0 Å². The van der Waals surface area contributed by atoms with Gasteiger partial charge >= 0.3 is 0 Å². The summed E-state index contributed by atoms with van der Waals surface area (Å²) in [6, 6.07) is 5.95. The van der Waals surface area contributed by atoms with Crippen molar-refractivity contribution in [3.8, 4) is 22.8 Å². The smallest absolute Gasteiger partial charge is 0.168 e. The van der Waals surface area contributed by atoms with E-state index in [9.17, 15) is 4.79 Å². The van der Waals surface area contributed by atoms with E-state index in [1.165, 1.54) is 11.8 Å². The Bertz CT molecular complexity index is 777. The average Bonchev–Trinajstić information content (AvgIpc) is 3.01. The Morgan fingerprint density at radius 1 is 1.24 bits per heavy atom. The first-order valence-corrected chi connectivity index (χ1v) is 9.50. The molecule has 0 atom stereocenters. The van der Waals surface area contributed by atoms with Crippen LogP contribution in [0.5, 0.6) is 11.5 Å². The summed E-state index contributed by atoms with van der Waals surface area (Å²) in [5, 5.41) is 0.866. The minimum atomic E-state index is -0.324. The highest BCUT2D eigenvalue weighted by Crippen LogP contribution is 2.35. The number of thioether (sulfide) groups is 1. The lowest BCUT2D eigenvalue weighted by atomic mass is 9.92. The minimum absolute atomic E-state index is 0.226. The van der Waals surface area contributed by atoms with E-state index in [-0.39, 0.29) is 11.2 Å². The molecular weight excluding hydrogens is 336 g/mol. The van der Waals surface area contributed by atoms with E-state index in [2.05, 4.69) is 16.5 Å². The third kappa shape index (κ3) is 3.84. The Morgan fingerprint density at radius 3 is 2.64 bits per heavy atom. The number of imidazole rings is 1. The Hall–Kier alpha value is -1.95. The highest BCUT2D eigenvalue weighted by molar-refractivity contribution is 7.99. The van der Waals surface area contributed by atoms with Gasteiger partial charge in [0.2, 0.25) is 0 Å². The van der Waals surface area contributed by atoms with E-state index in [4.69, 9.17) is 9.47 Å². The maximum absolute atomic E-state index is 12.2. The zero-order valence-electron chi connectivity index (χ0n) is 15.2. The second kappa shape index (κ2) is 7.12. The fourth-order valence-electron chi connectivity index (χ4n) is 2.56. The number of ether oxygens (including phenoxy) is 2. The van der Waals surface area contributed by atoms with Crippen LogP contribution in [0.3, 0.4) is 0 Å². The highest BCUT2D eigenvalue weighted by atomic mass is 32.2. The molecule has 0 radical (unpaired) electrons. The standard InChI is InChI=1S/C19H24N2O3S/c1-5-21-14(11-20-18(21)25-12-17(22)19(2,3)4)13-6-7-15-16(10-13)24-9-8-23-15/h6-7,10-11H,5,8-9,12H2,1-4H3. The SMILES string of the molecule is CCn1c(-c2ccc3c(c2)OCCO3)cnc1SCC(=O)C(C)(C)C. The number of Topliss-reactive ketones (excluding diaryl/α,β-unsaturated/α-hetero) is 1. The molecule has 2 aromatic rings. The van der Waals surface area contributed by atoms with E-state index >= 15 is 0 Å². The summed E-state index contributed by atoms with van der Waals surface area (Å²) >= 11 is 1.50. The molecule has 2 heterocycles. The zero-order chi connectivity index (χ0) is 18.0. The molecule has 1 aromatic heterocycles. The second-order valence-electron chi connectivity index (χ2n) is 6.99. The number of benzene rings is 1. The number of hydrogen-bond donors (Lipinski definition) is 0. The van der Waals surface area contributed by atoms with Gasteiger partial charge in [-0.3, -0.25) is 4.79 Å². The van der Waals surface area contributed by atoms with Gasteiger partial charge in [-0.2, -0.15) is 0 Å². The summed E-state index contributed by atoms with van der Waals surface area (Å²) in [6.45, 7) is 9.87. The number of carbonyl (C=O) groups excluding carboxylic acids is 1. The summed E-state index contributed by atoms with van der Waals surface area (Å²) in [6.07, 6.45) is 1.86. The van der Waals surface area contributed by atoms with Crippen molar-refractivity contribution in [1.29, 1.82) is 0 Å². The average molecular weight is 360 g/mol. The number of aromatic nitrogens is 2. The Labute approximate surface area is 152 Å². The third-order valence-corrected chi connectivity index (χ3v) is 5.13. The van der Waals surface area contributed by atoms with Gasteiger partial charge in [0.25, 0.3) is 0 Å². The van der Waals surface area contributed by atoms with Crippen LogP contribution in [0.25, 0.3) is 11.3 Å². The molecule has 134 valence electrons. The van der Waals surface area contributed by atoms with Crippen molar-refractivity contribution < 1.29 is 14.3 Å². The van der Waals surface area contributed by atoms with Gasteiger partial charge in [-0.25, -0.2) is 4.98 Å². The molecule has 1 aliphatic heterocycles. The monoisotopic (exact) mass is 360 g/mol. The van der Waals surface area contributed by atoms with Crippen molar-refractivity contribution in [2.24, 2.45) is 5.41 Å². The Balaban J connectivity index is 1.84. The largest absolute Gasteiger partial charge is 0.486 e. The maximum atomic E-state index is 12.2. The molecule has 3 rings (SSSR count). The van der Waals surface area contributed by atoms with Gasteiger partial charge in [-0.15, -0.1) is 0 Å². The molecule has 5 nitrogen and oxygen atoms in total. The molecule has 6 heteroatoms. The van der Waals surface area contributed by atoms with Crippen molar-refractivity contribution in [2.75, 3.05) is 19.0 Å². The van der Waals surface area contributed by atoms with Gasteiger partial charge in [-0.1, -0.05) is 32.5 Å². The Kier molecular flexibility index (Phi) is 5.08. The van der Waals surface area contributed by atoms with Crippen LogP contribution in [-0.2, 0) is 11.3 Å². The molecule has 0 unspecified atom stereocenters. The van der Waals surface area contributed by atoms with E-state index < -0.39 is 0 Å². The molecule has 0 saturated heterocycles. The van der Waals surface area contributed by atoms with Crippen molar-refractivity contribution in [3.63, 3.8) is 0 Å². The summed E-state index contributed by atoms with van der Waals surface area (Å²) in [5.41, 5.74) is 1.73. The fourth-order valence-corrected chi connectivity index (χ4v) is 3.76. The quantitative estimate of drug-likeness (QED) is 0.753. The van der Waals surface area contributed by atoms with Gasteiger partial charge in [0.15, 0.2) is 16.7 Å². The molecule has 0 fully saturated rings. The molecule has 1 aromatic carbocycles. The summed E-state index contributed by atoms with van der Waals surface area (Å²) in [4.78, 5) is 16.7.